The number of benzene rings is 2. The maximum atomic E-state index is 12.6. The summed E-state index contributed by atoms with van der Waals surface area (Å²) in [5, 5.41) is 5.07. The molecule has 2 amide bonds. The largest absolute Gasteiger partial charge is 0.355 e. The molecule has 5 nitrogen and oxygen atoms in total. The Morgan fingerprint density at radius 1 is 0.938 bits per heavy atom. The van der Waals surface area contributed by atoms with E-state index in [4.69, 9.17) is 0 Å². The van der Waals surface area contributed by atoms with E-state index in [-0.39, 0.29) is 11.8 Å². The van der Waals surface area contributed by atoms with Gasteiger partial charge in [-0.25, -0.2) is 0 Å². The van der Waals surface area contributed by atoms with Gasteiger partial charge in [0.25, 0.3) is 0 Å². The fourth-order valence-electron chi connectivity index (χ4n) is 3.69. The molecule has 1 saturated heterocycles. The van der Waals surface area contributed by atoms with Crippen LogP contribution >= 0.6 is 11.8 Å². The van der Waals surface area contributed by atoms with Crippen LogP contribution in [0.3, 0.4) is 0 Å². The van der Waals surface area contributed by atoms with Crippen molar-refractivity contribution in [2.45, 2.75) is 19.3 Å². The Bertz CT molecular complexity index is 858. The maximum Gasteiger partial charge on any atom is 0.234 e. The van der Waals surface area contributed by atoms with E-state index >= 15 is 0 Å². The molecule has 0 spiro atoms. The van der Waals surface area contributed by atoms with Crippen LogP contribution in [-0.2, 0) is 16.0 Å². The third-order valence-electron chi connectivity index (χ3n) is 5.48. The smallest absolute Gasteiger partial charge is 0.234 e. The molecule has 170 valence electrons. The lowest BCUT2D eigenvalue weighted by Gasteiger charge is -2.21. The van der Waals surface area contributed by atoms with E-state index < -0.39 is 0 Å². The monoisotopic (exact) mass is 451 g/mol. The Balaban J connectivity index is 1.30. The zero-order valence-corrected chi connectivity index (χ0v) is 19.4. The molecule has 1 fully saturated rings. The highest BCUT2D eigenvalue weighted by atomic mass is 32.2. The first-order valence-corrected chi connectivity index (χ1v) is 12.4. The van der Waals surface area contributed by atoms with Crippen molar-refractivity contribution in [3.05, 3.63) is 77.2 Å². The van der Waals surface area contributed by atoms with Crippen molar-refractivity contribution in [1.82, 2.24) is 15.1 Å². The quantitative estimate of drug-likeness (QED) is 0.560. The van der Waals surface area contributed by atoms with Gasteiger partial charge in [0.05, 0.1) is 6.54 Å². The normalized spacial score (nSPS) is 14.9. The second-order valence-electron chi connectivity index (χ2n) is 7.93. The van der Waals surface area contributed by atoms with Gasteiger partial charge in [0.2, 0.25) is 11.8 Å². The second-order valence-corrected chi connectivity index (χ2v) is 8.94. The van der Waals surface area contributed by atoms with E-state index in [0.717, 1.165) is 38.2 Å². The molecule has 0 saturated carbocycles. The van der Waals surface area contributed by atoms with Gasteiger partial charge in [-0.1, -0.05) is 60.7 Å². The van der Waals surface area contributed by atoms with Gasteiger partial charge in [-0.15, -0.1) is 11.8 Å². The van der Waals surface area contributed by atoms with Gasteiger partial charge < -0.3 is 10.2 Å². The summed E-state index contributed by atoms with van der Waals surface area (Å²) in [7, 11) is 0. The molecule has 0 atom stereocenters. The molecule has 0 unspecified atom stereocenters. The van der Waals surface area contributed by atoms with Gasteiger partial charge in [0.1, 0.15) is 0 Å². The Morgan fingerprint density at radius 2 is 1.69 bits per heavy atom. The number of carbonyl (C=O) groups is 2. The van der Waals surface area contributed by atoms with Crippen LogP contribution in [0, 0.1) is 0 Å². The summed E-state index contributed by atoms with van der Waals surface area (Å²) in [5.74, 6) is 1.05. The maximum absolute atomic E-state index is 12.6. The molecule has 0 bridgehead atoms. The van der Waals surface area contributed by atoms with Gasteiger partial charge >= 0.3 is 0 Å². The van der Waals surface area contributed by atoms with Crippen molar-refractivity contribution >= 4 is 29.7 Å². The average Bonchev–Trinajstić information content (AvgIpc) is 3.06. The summed E-state index contributed by atoms with van der Waals surface area (Å²) in [5.41, 5.74) is 2.40. The predicted molar refractivity (Wildman–Crippen MR) is 133 cm³/mol. The summed E-state index contributed by atoms with van der Waals surface area (Å²) in [6.07, 6.45) is 4.37. The van der Waals surface area contributed by atoms with Crippen LogP contribution in [0.1, 0.15) is 24.0 Å². The zero-order chi connectivity index (χ0) is 22.4. The van der Waals surface area contributed by atoms with E-state index in [1.165, 1.54) is 11.1 Å². The van der Waals surface area contributed by atoms with Crippen LogP contribution in [0.25, 0.3) is 6.08 Å². The fraction of sp³-hybridized carbons (Fsp3) is 0.385. The van der Waals surface area contributed by atoms with Crippen molar-refractivity contribution in [2.75, 3.05) is 45.0 Å². The Labute approximate surface area is 195 Å². The average molecular weight is 452 g/mol. The van der Waals surface area contributed by atoms with Crippen LogP contribution in [0.2, 0.25) is 0 Å². The van der Waals surface area contributed by atoms with Gasteiger partial charge in [0.15, 0.2) is 0 Å². The number of nitrogens with one attached hydrogen (secondary N) is 1. The number of hydrogen-bond acceptors (Lipinski definition) is 4. The first-order valence-electron chi connectivity index (χ1n) is 11.3. The summed E-state index contributed by atoms with van der Waals surface area (Å²) in [4.78, 5) is 29.0. The molecule has 32 heavy (non-hydrogen) atoms. The van der Waals surface area contributed by atoms with Crippen LogP contribution in [0.4, 0.5) is 0 Å². The number of rotatable bonds is 10. The van der Waals surface area contributed by atoms with Gasteiger partial charge in [-0.2, -0.15) is 0 Å². The molecule has 0 radical (unpaired) electrons. The number of nitrogens with zero attached hydrogens (tertiary/aromatic N) is 2. The molecule has 1 heterocycles. The number of carbonyl (C=O) groups excluding carboxylic acids is 2. The summed E-state index contributed by atoms with van der Waals surface area (Å²) in [6, 6.07) is 20.3. The second kappa shape index (κ2) is 13.8. The SMILES string of the molecule is O=C(CN1CCCN(C(=O)CCSC=Cc2ccccc2)CC1)NCCc1ccccc1. The Morgan fingerprint density at radius 3 is 2.47 bits per heavy atom. The standard InChI is InChI=1S/C26H33N3O2S/c30-25(27-15-12-23-8-3-1-4-9-23)22-28-16-7-17-29(19-18-28)26(31)14-21-32-20-13-24-10-5-2-6-11-24/h1-6,8-11,13,20H,7,12,14-19,21-22H2,(H,27,30). The Hall–Kier alpha value is -2.57. The number of amides is 2. The number of hydrogen-bond donors (Lipinski definition) is 1. The highest BCUT2D eigenvalue weighted by Crippen LogP contribution is 2.11. The minimum absolute atomic E-state index is 0.0577. The highest BCUT2D eigenvalue weighted by Gasteiger charge is 2.20. The topological polar surface area (TPSA) is 52.7 Å². The molecular formula is C26H33N3O2S. The van der Waals surface area contributed by atoms with Crippen molar-refractivity contribution in [3.8, 4) is 0 Å². The van der Waals surface area contributed by atoms with E-state index in [1.807, 2.05) is 41.3 Å². The van der Waals surface area contributed by atoms with E-state index in [1.54, 1.807) is 11.8 Å². The van der Waals surface area contributed by atoms with Crippen LogP contribution in [-0.4, -0.2) is 66.6 Å². The van der Waals surface area contributed by atoms with Gasteiger partial charge in [-0.3, -0.25) is 14.5 Å². The van der Waals surface area contributed by atoms with E-state index in [9.17, 15) is 9.59 Å². The number of thioether (sulfide) groups is 1. The first kappa shape index (κ1) is 24.1. The third-order valence-corrected chi connectivity index (χ3v) is 6.25. The van der Waals surface area contributed by atoms with Crippen molar-refractivity contribution in [2.24, 2.45) is 0 Å². The molecule has 2 aromatic rings. The molecule has 0 aromatic heterocycles. The summed E-state index contributed by atoms with van der Waals surface area (Å²) in [6.45, 7) is 4.12. The molecule has 2 aromatic carbocycles. The van der Waals surface area contributed by atoms with Crippen molar-refractivity contribution in [3.63, 3.8) is 0 Å². The third kappa shape index (κ3) is 8.89. The summed E-state index contributed by atoms with van der Waals surface area (Å²) < 4.78 is 0. The lowest BCUT2D eigenvalue weighted by atomic mass is 10.1. The lowest BCUT2D eigenvalue weighted by molar-refractivity contribution is -0.130. The van der Waals surface area contributed by atoms with E-state index in [2.05, 4.69) is 46.0 Å². The molecule has 1 aliphatic heterocycles. The minimum atomic E-state index is 0.0577. The molecule has 3 rings (SSSR count). The van der Waals surface area contributed by atoms with Gasteiger partial charge in [0, 0.05) is 44.9 Å². The highest BCUT2D eigenvalue weighted by molar-refractivity contribution is 8.02. The van der Waals surface area contributed by atoms with E-state index in [0.29, 0.717) is 26.1 Å². The first-order chi connectivity index (χ1) is 15.7. The molecular weight excluding hydrogens is 418 g/mol. The molecule has 1 aliphatic rings. The minimum Gasteiger partial charge on any atom is -0.355 e. The fourth-order valence-corrected chi connectivity index (χ4v) is 4.37. The van der Waals surface area contributed by atoms with Crippen LogP contribution in [0.5, 0.6) is 0 Å². The van der Waals surface area contributed by atoms with Crippen molar-refractivity contribution in [1.29, 1.82) is 0 Å². The van der Waals surface area contributed by atoms with Crippen molar-refractivity contribution < 1.29 is 9.59 Å². The van der Waals surface area contributed by atoms with Crippen LogP contribution in [0.15, 0.2) is 66.1 Å². The zero-order valence-electron chi connectivity index (χ0n) is 18.6. The van der Waals surface area contributed by atoms with Crippen LogP contribution < -0.4 is 5.32 Å². The molecule has 0 aliphatic carbocycles. The predicted octanol–water partition coefficient (Wildman–Crippen LogP) is 3.67. The molecule has 1 N–H and O–H groups in total. The van der Waals surface area contributed by atoms with Gasteiger partial charge in [-0.05, 0) is 35.5 Å². The Kier molecular flexibility index (Phi) is 10.4. The lowest BCUT2D eigenvalue weighted by Crippen LogP contribution is -2.40. The molecule has 6 heteroatoms. The summed E-state index contributed by atoms with van der Waals surface area (Å²) >= 11 is 1.67.